The largest absolute Gasteiger partial charge is 0.488 e. The van der Waals surface area contributed by atoms with Gasteiger partial charge < -0.3 is 4.74 Å². The van der Waals surface area contributed by atoms with Crippen LogP contribution in [0.3, 0.4) is 0 Å². The molecule has 3 aromatic rings. The highest BCUT2D eigenvalue weighted by Crippen LogP contribution is 2.20. The number of nitro benzene ring substituents is 1. The number of nitrogens with zero attached hydrogens (tertiary/aromatic N) is 2. The molecule has 0 heterocycles. The third-order valence-corrected chi connectivity index (χ3v) is 4.37. The van der Waals surface area contributed by atoms with Crippen molar-refractivity contribution in [1.82, 2.24) is 5.43 Å². The molecule has 0 saturated heterocycles. The molecule has 0 spiro atoms. The molecule has 1 N–H and O–H groups in total. The highest BCUT2D eigenvalue weighted by atomic mass is 79.9. The average molecular weight is 454 g/mol. The van der Waals surface area contributed by atoms with Crippen molar-refractivity contribution in [3.63, 3.8) is 0 Å². The first-order valence-corrected chi connectivity index (χ1v) is 9.36. The van der Waals surface area contributed by atoms with E-state index >= 15 is 0 Å². The summed E-state index contributed by atoms with van der Waals surface area (Å²) >= 11 is 3.41. The maximum absolute atomic E-state index is 12.5. The minimum Gasteiger partial charge on any atom is -0.488 e. The van der Waals surface area contributed by atoms with Crippen LogP contribution >= 0.6 is 15.9 Å². The van der Waals surface area contributed by atoms with Crippen LogP contribution < -0.4 is 10.2 Å². The van der Waals surface area contributed by atoms with Gasteiger partial charge in [-0.2, -0.15) is 5.10 Å². The van der Waals surface area contributed by atoms with E-state index in [0.29, 0.717) is 23.5 Å². The molecule has 0 atom stereocenters. The second-order valence-electron chi connectivity index (χ2n) is 5.97. The summed E-state index contributed by atoms with van der Waals surface area (Å²) in [6.07, 6.45) is 1.34. The average Bonchev–Trinajstić information content (AvgIpc) is 2.72. The fourth-order valence-electron chi connectivity index (χ4n) is 2.51. The number of para-hydroxylation sites is 1. The number of ether oxygens (including phenoxy) is 1. The van der Waals surface area contributed by atoms with E-state index < -0.39 is 10.8 Å². The van der Waals surface area contributed by atoms with Crippen LogP contribution in [0.4, 0.5) is 5.69 Å². The Hall–Kier alpha value is -3.52. The fraction of sp³-hybridized carbons (Fsp3) is 0.0476. The van der Waals surface area contributed by atoms with Gasteiger partial charge in [0, 0.05) is 22.2 Å². The van der Waals surface area contributed by atoms with Gasteiger partial charge in [0.2, 0.25) is 0 Å². The Kier molecular flexibility index (Phi) is 6.70. The monoisotopic (exact) mass is 453 g/mol. The smallest absolute Gasteiger partial charge is 0.275 e. The zero-order chi connectivity index (χ0) is 20.6. The number of carbonyl (C=O) groups is 1. The van der Waals surface area contributed by atoms with Crippen molar-refractivity contribution in [2.75, 3.05) is 0 Å². The number of hydrogen-bond acceptors (Lipinski definition) is 5. The lowest BCUT2D eigenvalue weighted by Crippen LogP contribution is -2.18. The summed E-state index contributed by atoms with van der Waals surface area (Å²) in [7, 11) is 0. The molecule has 3 aromatic carbocycles. The number of rotatable bonds is 7. The molecule has 0 aliphatic rings. The van der Waals surface area contributed by atoms with Crippen molar-refractivity contribution in [3.8, 4) is 5.75 Å². The second kappa shape index (κ2) is 9.61. The van der Waals surface area contributed by atoms with Gasteiger partial charge in [0.25, 0.3) is 11.6 Å². The normalized spacial score (nSPS) is 10.7. The summed E-state index contributed by atoms with van der Waals surface area (Å²) in [6, 6.07) is 20.5. The van der Waals surface area contributed by atoms with Crippen LogP contribution in [0.15, 0.2) is 82.4 Å². The summed E-state index contributed by atoms with van der Waals surface area (Å²) in [5.74, 6) is -0.0213. The van der Waals surface area contributed by atoms with E-state index in [-0.39, 0.29) is 5.69 Å². The summed E-state index contributed by atoms with van der Waals surface area (Å²) < 4.78 is 6.74. The van der Waals surface area contributed by atoms with E-state index in [4.69, 9.17) is 4.74 Å². The number of halogens is 1. The maximum atomic E-state index is 12.5. The molecule has 1 amide bonds. The number of hydrogen-bond donors (Lipinski definition) is 1. The molecule has 3 rings (SSSR count). The lowest BCUT2D eigenvalue weighted by molar-refractivity contribution is -0.384. The molecule has 0 bridgehead atoms. The van der Waals surface area contributed by atoms with Gasteiger partial charge in [-0.3, -0.25) is 14.9 Å². The van der Waals surface area contributed by atoms with Crippen molar-refractivity contribution >= 4 is 33.7 Å². The van der Waals surface area contributed by atoms with Gasteiger partial charge >= 0.3 is 0 Å². The van der Waals surface area contributed by atoms with E-state index in [9.17, 15) is 14.9 Å². The van der Waals surface area contributed by atoms with Gasteiger partial charge in [-0.15, -0.1) is 0 Å². The van der Waals surface area contributed by atoms with Crippen LogP contribution in [0.1, 0.15) is 21.5 Å². The minimum atomic E-state index is -0.491. The number of amides is 1. The Labute approximate surface area is 175 Å². The van der Waals surface area contributed by atoms with Crippen molar-refractivity contribution < 1.29 is 14.5 Å². The van der Waals surface area contributed by atoms with Gasteiger partial charge in [-0.1, -0.05) is 52.3 Å². The Morgan fingerprint density at radius 3 is 2.69 bits per heavy atom. The molecule has 0 unspecified atom stereocenters. The predicted molar refractivity (Wildman–Crippen MR) is 113 cm³/mol. The van der Waals surface area contributed by atoms with E-state index in [0.717, 1.165) is 10.0 Å². The lowest BCUT2D eigenvalue weighted by Gasteiger charge is -2.10. The highest BCUT2D eigenvalue weighted by Gasteiger charge is 2.12. The second-order valence-corrected chi connectivity index (χ2v) is 6.88. The zero-order valence-corrected chi connectivity index (χ0v) is 16.7. The first-order valence-electron chi connectivity index (χ1n) is 8.57. The summed E-state index contributed by atoms with van der Waals surface area (Å²) in [4.78, 5) is 22.8. The number of nitro groups is 1. The van der Waals surface area contributed by atoms with Crippen LogP contribution in [0.2, 0.25) is 0 Å². The van der Waals surface area contributed by atoms with E-state index in [1.807, 2.05) is 24.3 Å². The molecule has 0 radical (unpaired) electrons. The lowest BCUT2D eigenvalue weighted by atomic mass is 10.2. The van der Waals surface area contributed by atoms with Crippen molar-refractivity contribution in [2.45, 2.75) is 6.61 Å². The molecular formula is C21H16BrN3O4. The molecule has 8 heteroatoms. The molecule has 0 aliphatic heterocycles. The summed E-state index contributed by atoms with van der Waals surface area (Å²) in [5, 5.41) is 14.7. The van der Waals surface area contributed by atoms with Crippen LogP contribution in [-0.2, 0) is 6.61 Å². The van der Waals surface area contributed by atoms with Crippen LogP contribution in [0.25, 0.3) is 0 Å². The molecule has 0 aliphatic carbocycles. The summed E-state index contributed by atoms with van der Waals surface area (Å²) in [6.45, 7) is 0.306. The van der Waals surface area contributed by atoms with E-state index in [2.05, 4.69) is 26.5 Å². The molecule has 0 saturated carbocycles. The number of benzene rings is 3. The zero-order valence-electron chi connectivity index (χ0n) is 15.1. The highest BCUT2D eigenvalue weighted by molar-refractivity contribution is 9.10. The van der Waals surface area contributed by atoms with Gasteiger partial charge in [0.05, 0.1) is 16.7 Å². The van der Waals surface area contributed by atoms with Crippen LogP contribution in [0.5, 0.6) is 5.75 Å². The predicted octanol–water partition coefficient (Wildman–Crippen LogP) is 4.70. The summed E-state index contributed by atoms with van der Waals surface area (Å²) in [5.41, 5.74) is 4.16. The van der Waals surface area contributed by atoms with E-state index in [1.165, 1.54) is 18.3 Å². The molecule has 7 nitrogen and oxygen atoms in total. The van der Waals surface area contributed by atoms with Crippen molar-refractivity contribution in [2.24, 2.45) is 5.10 Å². The first-order chi connectivity index (χ1) is 14.0. The molecule has 29 heavy (non-hydrogen) atoms. The van der Waals surface area contributed by atoms with Gasteiger partial charge in [0.1, 0.15) is 12.4 Å². The third-order valence-electron chi connectivity index (χ3n) is 3.88. The minimum absolute atomic E-state index is 0.0495. The standard InChI is InChI=1S/C21H16BrN3O4/c22-17-7-3-6-16(11-17)14-29-20-10-2-1-9-19(20)21(26)24-23-13-15-5-4-8-18(12-15)25(27)28/h1-13H,14H2,(H,24,26). The van der Waals surface area contributed by atoms with E-state index in [1.54, 1.807) is 36.4 Å². The Morgan fingerprint density at radius 1 is 1.10 bits per heavy atom. The number of nitrogens with one attached hydrogen (secondary N) is 1. The van der Waals surface area contributed by atoms with Crippen LogP contribution in [-0.4, -0.2) is 17.0 Å². The molecule has 0 fully saturated rings. The Bertz CT molecular complexity index is 1070. The Morgan fingerprint density at radius 2 is 1.90 bits per heavy atom. The van der Waals surface area contributed by atoms with Crippen LogP contribution in [0, 0.1) is 10.1 Å². The maximum Gasteiger partial charge on any atom is 0.275 e. The quantitative estimate of drug-likeness (QED) is 0.318. The van der Waals surface area contributed by atoms with Gasteiger partial charge in [-0.05, 0) is 29.8 Å². The third kappa shape index (κ3) is 5.73. The van der Waals surface area contributed by atoms with Gasteiger partial charge in [-0.25, -0.2) is 5.43 Å². The number of non-ortho nitro benzene ring substituents is 1. The fourth-order valence-corrected chi connectivity index (χ4v) is 2.96. The van der Waals surface area contributed by atoms with Crippen molar-refractivity contribution in [3.05, 3.63) is 104 Å². The van der Waals surface area contributed by atoms with Gasteiger partial charge in [0.15, 0.2) is 0 Å². The topological polar surface area (TPSA) is 93.8 Å². The molecular weight excluding hydrogens is 438 g/mol. The SMILES string of the molecule is O=C(NN=Cc1cccc([N+](=O)[O-])c1)c1ccccc1OCc1cccc(Br)c1. The number of hydrazone groups is 1. The molecule has 146 valence electrons. The van der Waals surface area contributed by atoms with Crippen molar-refractivity contribution in [1.29, 1.82) is 0 Å². The molecule has 0 aromatic heterocycles. The first kappa shape index (κ1) is 20.2. The number of carbonyl (C=O) groups excluding carboxylic acids is 1. The Balaban J connectivity index is 1.66.